The molecule has 5 nitrogen and oxygen atoms in total. The molecule has 0 bridgehead atoms. The molecule has 0 saturated carbocycles. The molecule has 1 atom stereocenters. The zero-order chi connectivity index (χ0) is 13.5. The number of anilines is 2. The molecule has 3 N–H and O–H groups in total. The van der Waals surface area contributed by atoms with Crippen LogP contribution in [0.2, 0.25) is 0 Å². The minimum atomic E-state index is -0.243. The van der Waals surface area contributed by atoms with Crippen molar-refractivity contribution in [3.63, 3.8) is 0 Å². The molecule has 1 aromatic rings. The molecular weight excluding hydrogens is 228 g/mol. The van der Waals surface area contributed by atoms with Gasteiger partial charge in [0, 0.05) is 25.6 Å². The Bertz CT molecular complexity index is 368. The summed E-state index contributed by atoms with van der Waals surface area (Å²) in [4.78, 5) is 8.86. The highest BCUT2D eigenvalue weighted by molar-refractivity contribution is 5.47. The van der Waals surface area contributed by atoms with E-state index in [1.54, 1.807) is 0 Å². The third kappa shape index (κ3) is 4.49. The van der Waals surface area contributed by atoms with Crippen molar-refractivity contribution in [2.45, 2.75) is 45.6 Å². The van der Waals surface area contributed by atoms with E-state index in [4.69, 9.17) is 0 Å². The van der Waals surface area contributed by atoms with E-state index in [2.05, 4.69) is 34.4 Å². The third-order valence-corrected chi connectivity index (χ3v) is 2.77. The first-order valence-electron chi connectivity index (χ1n) is 6.55. The van der Waals surface area contributed by atoms with Gasteiger partial charge >= 0.3 is 0 Å². The fourth-order valence-electron chi connectivity index (χ4n) is 1.51. The van der Waals surface area contributed by atoms with Crippen LogP contribution in [0.15, 0.2) is 6.07 Å². The van der Waals surface area contributed by atoms with Gasteiger partial charge in [-0.05, 0) is 12.8 Å². The smallest absolute Gasteiger partial charge is 0.135 e. The minimum Gasteiger partial charge on any atom is -0.393 e. The summed E-state index contributed by atoms with van der Waals surface area (Å²) in [6.07, 6.45) is 1.27. The molecule has 5 heteroatoms. The van der Waals surface area contributed by atoms with E-state index in [1.807, 2.05) is 20.0 Å². The van der Waals surface area contributed by atoms with Crippen LogP contribution in [0.4, 0.5) is 11.6 Å². The van der Waals surface area contributed by atoms with Crippen LogP contribution in [0.25, 0.3) is 0 Å². The molecule has 102 valence electrons. The molecule has 1 unspecified atom stereocenters. The Labute approximate surface area is 109 Å². The summed E-state index contributed by atoms with van der Waals surface area (Å²) in [7, 11) is 1.84. The van der Waals surface area contributed by atoms with Gasteiger partial charge in [0.2, 0.25) is 0 Å². The van der Waals surface area contributed by atoms with Gasteiger partial charge in [0.25, 0.3) is 0 Å². The number of hydrogen-bond donors (Lipinski definition) is 3. The van der Waals surface area contributed by atoms with Gasteiger partial charge in [0.05, 0.1) is 6.10 Å². The Balaban J connectivity index is 2.66. The van der Waals surface area contributed by atoms with Crippen molar-refractivity contribution in [2.24, 2.45) is 0 Å². The maximum Gasteiger partial charge on any atom is 0.135 e. The molecule has 0 saturated heterocycles. The van der Waals surface area contributed by atoms with E-state index in [9.17, 15) is 5.11 Å². The highest BCUT2D eigenvalue weighted by atomic mass is 16.3. The number of rotatable bonds is 7. The van der Waals surface area contributed by atoms with Gasteiger partial charge in [-0.1, -0.05) is 20.8 Å². The summed E-state index contributed by atoms with van der Waals surface area (Å²) in [5, 5.41) is 15.8. The van der Waals surface area contributed by atoms with Gasteiger partial charge in [-0.15, -0.1) is 0 Å². The number of aliphatic hydroxyl groups is 1. The maximum atomic E-state index is 9.49. The lowest BCUT2D eigenvalue weighted by Gasteiger charge is -2.12. The van der Waals surface area contributed by atoms with Crippen LogP contribution in [-0.4, -0.2) is 34.8 Å². The number of aromatic nitrogens is 2. The quantitative estimate of drug-likeness (QED) is 0.694. The lowest BCUT2D eigenvalue weighted by atomic mass is 10.2. The molecule has 0 aliphatic carbocycles. The Morgan fingerprint density at radius 3 is 2.50 bits per heavy atom. The topological polar surface area (TPSA) is 70.1 Å². The Hall–Kier alpha value is -1.36. The summed E-state index contributed by atoms with van der Waals surface area (Å²) in [6, 6.07) is 1.88. The molecule has 0 radical (unpaired) electrons. The molecular formula is C13H24N4O. The zero-order valence-electron chi connectivity index (χ0n) is 11.7. The van der Waals surface area contributed by atoms with Crippen LogP contribution in [0.5, 0.6) is 0 Å². The normalized spacial score (nSPS) is 12.6. The van der Waals surface area contributed by atoms with Crippen LogP contribution >= 0.6 is 0 Å². The van der Waals surface area contributed by atoms with Gasteiger partial charge in [-0.25, -0.2) is 9.97 Å². The Kier molecular flexibility index (Phi) is 5.85. The van der Waals surface area contributed by atoms with E-state index >= 15 is 0 Å². The number of aliphatic hydroxyl groups excluding tert-OH is 1. The number of nitrogens with zero attached hydrogens (tertiary/aromatic N) is 2. The van der Waals surface area contributed by atoms with Crippen LogP contribution in [0.3, 0.4) is 0 Å². The zero-order valence-corrected chi connectivity index (χ0v) is 11.7. The fourth-order valence-corrected chi connectivity index (χ4v) is 1.51. The first kappa shape index (κ1) is 14.7. The molecule has 18 heavy (non-hydrogen) atoms. The van der Waals surface area contributed by atoms with Gasteiger partial charge < -0.3 is 15.7 Å². The van der Waals surface area contributed by atoms with Crippen molar-refractivity contribution in [2.75, 3.05) is 24.2 Å². The molecule has 1 aromatic heterocycles. The molecule has 1 rings (SSSR count). The maximum absolute atomic E-state index is 9.49. The summed E-state index contributed by atoms with van der Waals surface area (Å²) in [5.41, 5.74) is 0. The van der Waals surface area contributed by atoms with Crippen molar-refractivity contribution in [3.05, 3.63) is 11.9 Å². The molecule has 0 aliphatic heterocycles. The highest BCUT2D eigenvalue weighted by Crippen LogP contribution is 2.16. The second-order valence-corrected chi connectivity index (χ2v) is 4.68. The predicted molar refractivity (Wildman–Crippen MR) is 75.1 cm³/mol. The van der Waals surface area contributed by atoms with Crippen LogP contribution in [0, 0.1) is 0 Å². The molecule has 0 aromatic carbocycles. The number of hydrogen-bond acceptors (Lipinski definition) is 5. The first-order valence-corrected chi connectivity index (χ1v) is 6.55. The van der Waals surface area contributed by atoms with E-state index in [0.717, 1.165) is 30.3 Å². The highest BCUT2D eigenvalue weighted by Gasteiger charge is 2.07. The third-order valence-electron chi connectivity index (χ3n) is 2.77. The SMILES string of the molecule is CCC(O)CCNc1cc(NC)nc(C(C)C)n1. The van der Waals surface area contributed by atoms with Crippen molar-refractivity contribution >= 4 is 11.6 Å². The summed E-state index contributed by atoms with van der Waals surface area (Å²) in [5.74, 6) is 2.73. The van der Waals surface area contributed by atoms with Gasteiger partial charge in [0.1, 0.15) is 17.5 Å². The van der Waals surface area contributed by atoms with E-state index in [1.165, 1.54) is 0 Å². The monoisotopic (exact) mass is 252 g/mol. The molecule has 1 heterocycles. The van der Waals surface area contributed by atoms with Gasteiger partial charge in [0.15, 0.2) is 0 Å². The Morgan fingerprint density at radius 1 is 1.28 bits per heavy atom. The second kappa shape index (κ2) is 7.16. The van der Waals surface area contributed by atoms with Crippen LogP contribution in [0.1, 0.15) is 45.4 Å². The summed E-state index contributed by atoms with van der Waals surface area (Å²) < 4.78 is 0. The lowest BCUT2D eigenvalue weighted by molar-refractivity contribution is 0.164. The van der Waals surface area contributed by atoms with Crippen LogP contribution < -0.4 is 10.6 Å². The largest absolute Gasteiger partial charge is 0.393 e. The van der Waals surface area contributed by atoms with Crippen molar-refractivity contribution < 1.29 is 5.11 Å². The average Bonchev–Trinajstić information content (AvgIpc) is 2.37. The first-order chi connectivity index (χ1) is 8.56. The fraction of sp³-hybridized carbons (Fsp3) is 0.692. The summed E-state index contributed by atoms with van der Waals surface area (Å²) in [6.45, 7) is 6.83. The van der Waals surface area contributed by atoms with E-state index < -0.39 is 0 Å². The average molecular weight is 252 g/mol. The summed E-state index contributed by atoms with van der Waals surface area (Å²) >= 11 is 0. The van der Waals surface area contributed by atoms with E-state index in [0.29, 0.717) is 12.5 Å². The van der Waals surface area contributed by atoms with Crippen LogP contribution in [-0.2, 0) is 0 Å². The van der Waals surface area contributed by atoms with Crippen molar-refractivity contribution in [1.29, 1.82) is 0 Å². The molecule has 0 amide bonds. The second-order valence-electron chi connectivity index (χ2n) is 4.68. The molecule has 0 fully saturated rings. The van der Waals surface area contributed by atoms with Crippen molar-refractivity contribution in [3.8, 4) is 0 Å². The Morgan fingerprint density at radius 2 is 1.94 bits per heavy atom. The minimum absolute atomic E-state index is 0.243. The van der Waals surface area contributed by atoms with Crippen molar-refractivity contribution in [1.82, 2.24) is 9.97 Å². The predicted octanol–water partition coefficient (Wildman–Crippen LogP) is 2.21. The molecule has 0 aliphatic rings. The van der Waals surface area contributed by atoms with Gasteiger partial charge in [-0.3, -0.25) is 0 Å². The standard InChI is InChI=1S/C13H24N4O/c1-5-10(18)6-7-15-12-8-11(14-4)16-13(17-12)9(2)3/h8-10,18H,5-7H2,1-4H3,(H2,14,15,16,17). The number of nitrogens with one attached hydrogen (secondary N) is 2. The lowest BCUT2D eigenvalue weighted by Crippen LogP contribution is -2.14. The van der Waals surface area contributed by atoms with E-state index in [-0.39, 0.29) is 6.10 Å². The molecule has 0 spiro atoms. The van der Waals surface area contributed by atoms with Gasteiger partial charge in [-0.2, -0.15) is 0 Å².